The molecule has 5 rings (SSSR count). The van der Waals surface area contributed by atoms with Crippen LogP contribution in [0.25, 0.3) is 0 Å². The van der Waals surface area contributed by atoms with E-state index in [0.717, 1.165) is 29.0 Å². The quantitative estimate of drug-likeness (QED) is 0.492. The number of ether oxygens (including phenoxy) is 2. The van der Waals surface area contributed by atoms with Gasteiger partial charge in [-0.2, -0.15) is 0 Å². The smallest absolute Gasteiger partial charge is 0.271 e. The molecule has 2 atom stereocenters. The molecule has 0 aliphatic carbocycles. The van der Waals surface area contributed by atoms with Crippen molar-refractivity contribution in [3.8, 4) is 5.75 Å². The summed E-state index contributed by atoms with van der Waals surface area (Å²) in [5, 5.41) is 3.70. The molecule has 1 saturated heterocycles. The molecule has 1 aromatic heterocycles. The number of aromatic amines is 1. The largest absolute Gasteiger partial charge is 0.489 e. The van der Waals surface area contributed by atoms with E-state index in [4.69, 9.17) is 14.5 Å². The maximum absolute atomic E-state index is 13.6. The van der Waals surface area contributed by atoms with Crippen LogP contribution in [-0.2, 0) is 11.3 Å². The van der Waals surface area contributed by atoms with E-state index < -0.39 is 0 Å². The van der Waals surface area contributed by atoms with Crippen molar-refractivity contribution < 1.29 is 13.9 Å². The third kappa shape index (κ3) is 4.57. The van der Waals surface area contributed by atoms with Crippen LogP contribution in [0.15, 0.2) is 58.3 Å². The van der Waals surface area contributed by atoms with Gasteiger partial charge in [0.05, 0.1) is 27.5 Å². The summed E-state index contributed by atoms with van der Waals surface area (Å²) >= 11 is 1.55. The number of nitrogens with one attached hydrogen (secondary N) is 1. The summed E-state index contributed by atoms with van der Waals surface area (Å²) < 4.78 is 27.5. The molecule has 0 saturated carbocycles. The summed E-state index contributed by atoms with van der Waals surface area (Å²) in [4.78, 5) is 18.0. The summed E-state index contributed by atoms with van der Waals surface area (Å²) in [6.45, 7) is 7.00. The van der Waals surface area contributed by atoms with Crippen LogP contribution in [0.1, 0.15) is 61.6 Å². The van der Waals surface area contributed by atoms with Crippen molar-refractivity contribution in [2.75, 3.05) is 6.61 Å². The van der Waals surface area contributed by atoms with Crippen molar-refractivity contribution in [1.82, 2.24) is 9.78 Å². The molecule has 1 N–H and O–H groups in total. The Morgan fingerprint density at radius 2 is 2.09 bits per heavy atom. The molecule has 0 spiro atoms. The lowest BCUT2D eigenvalue weighted by Gasteiger charge is -2.36. The maximum Gasteiger partial charge on any atom is 0.271 e. The maximum atomic E-state index is 13.6. The highest BCUT2D eigenvalue weighted by Crippen LogP contribution is 2.47. The van der Waals surface area contributed by atoms with Gasteiger partial charge in [0.15, 0.2) is 5.82 Å². The van der Waals surface area contributed by atoms with Gasteiger partial charge in [-0.05, 0) is 57.4 Å². The zero-order chi connectivity index (χ0) is 23.9. The predicted molar refractivity (Wildman–Crippen MR) is 133 cm³/mol. The van der Waals surface area contributed by atoms with Crippen molar-refractivity contribution in [1.29, 1.82) is 0 Å². The molecule has 0 bridgehead atoms. The molecule has 2 aliphatic rings. The minimum atomic E-state index is -0.294. The summed E-state index contributed by atoms with van der Waals surface area (Å²) in [5.74, 6) is 1.07. The van der Waals surface area contributed by atoms with Crippen molar-refractivity contribution in [2.45, 2.75) is 57.1 Å². The van der Waals surface area contributed by atoms with Crippen LogP contribution in [0.4, 0.5) is 10.2 Å². The van der Waals surface area contributed by atoms with Crippen molar-refractivity contribution >= 4 is 22.6 Å². The van der Waals surface area contributed by atoms with Gasteiger partial charge in [0, 0.05) is 12.2 Å². The highest BCUT2D eigenvalue weighted by molar-refractivity contribution is 8.14. The molecule has 8 heteroatoms. The first-order valence-electron chi connectivity index (χ1n) is 11.5. The molecule has 178 valence electrons. The number of hydrogen-bond donors (Lipinski definition) is 1. The van der Waals surface area contributed by atoms with Crippen LogP contribution in [0, 0.1) is 5.82 Å². The number of fused-ring (bicyclic) bond motifs is 1. The first-order valence-corrected chi connectivity index (χ1v) is 12.4. The molecular formula is C26H28FN3O3S. The standard InChI is InChI=1S/C26H28FN3O3S/c1-16-28-24-22(25(31)29-30(24)19-11-12-33-26(2,3)14-19)23(34-16)20-9-4-5-10-21(20)32-15-17-7-6-8-18(27)13-17/h4-10,13,19,23H,11-12,14-15H2,1-3H3,(H,29,31)/t19-,23-/m1/s1. The van der Waals surface area contributed by atoms with E-state index in [0.29, 0.717) is 23.7 Å². The number of rotatable bonds is 5. The van der Waals surface area contributed by atoms with Gasteiger partial charge in [0.2, 0.25) is 0 Å². The fourth-order valence-electron chi connectivity index (χ4n) is 4.73. The summed E-state index contributed by atoms with van der Waals surface area (Å²) in [5.41, 5.74) is 1.90. The van der Waals surface area contributed by atoms with Crippen LogP contribution in [-0.4, -0.2) is 27.0 Å². The van der Waals surface area contributed by atoms with E-state index in [1.54, 1.807) is 17.8 Å². The van der Waals surface area contributed by atoms with Crippen LogP contribution in [0.2, 0.25) is 0 Å². The Kier molecular flexibility index (Phi) is 6.12. The molecule has 0 unspecified atom stereocenters. The van der Waals surface area contributed by atoms with E-state index in [2.05, 4.69) is 18.9 Å². The summed E-state index contributed by atoms with van der Waals surface area (Å²) in [6, 6.07) is 14.2. The second-order valence-corrected chi connectivity index (χ2v) is 10.7. The van der Waals surface area contributed by atoms with Gasteiger partial charge in [-0.15, -0.1) is 0 Å². The molecule has 1 fully saturated rings. The van der Waals surface area contributed by atoms with Crippen LogP contribution in [0.3, 0.4) is 0 Å². The first kappa shape index (κ1) is 22.9. The number of hydrogen-bond acceptors (Lipinski definition) is 5. The lowest BCUT2D eigenvalue weighted by atomic mass is 9.94. The minimum Gasteiger partial charge on any atom is -0.489 e. The zero-order valence-corrected chi connectivity index (χ0v) is 20.3. The van der Waals surface area contributed by atoms with Gasteiger partial charge < -0.3 is 9.47 Å². The van der Waals surface area contributed by atoms with Gasteiger partial charge in [-0.25, -0.2) is 9.38 Å². The number of halogens is 1. The Hall–Kier alpha value is -2.84. The fraction of sp³-hybridized carbons (Fsp3) is 0.385. The monoisotopic (exact) mass is 481 g/mol. The van der Waals surface area contributed by atoms with E-state index >= 15 is 0 Å². The van der Waals surface area contributed by atoms with E-state index in [1.165, 1.54) is 12.1 Å². The van der Waals surface area contributed by atoms with Gasteiger partial charge >= 0.3 is 0 Å². The lowest BCUT2D eigenvalue weighted by molar-refractivity contribution is -0.0705. The van der Waals surface area contributed by atoms with Gasteiger partial charge in [-0.1, -0.05) is 42.1 Å². The van der Waals surface area contributed by atoms with E-state index in [1.807, 2.05) is 41.9 Å². The zero-order valence-electron chi connectivity index (χ0n) is 19.5. The Morgan fingerprint density at radius 3 is 2.88 bits per heavy atom. The highest BCUT2D eigenvalue weighted by Gasteiger charge is 2.36. The first-order chi connectivity index (χ1) is 16.3. The van der Waals surface area contributed by atoms with Gasteiger partial charge in [0.1, 0.15) is 18.2 Å². The van der Waals surface area contributed by atoms with E-state index in [-0.39, 0.29) is 34.9 Å². The molecular weight excluding hydrogens is 453 g/mol. The van der Waals surface area contributed by atoms with Crippen LogP contribution < -0.4 is 10.3 Å². The van der Waals surface area contributed by atoms with Gasteiger partial charge in [-0.3, -0.25) is 14.6 Å². The van der Waals surface area contributed by atoms with Crippen LogP contribution >= 0.6 is 11.8 Å². The van der Waals surface area contributed by atoms with Crippen molar-refractivity contribution in [2.24, 2.45) is 4.99 Å². The highest BCUT2D eigenvalue weighted by atomic mass is 32.2. The molecule has 3 aromatic rings. The number of thioether (sulfide) groups is 1. The number of aliphatic imine (C=N–C) groups is 1. The van der Waals surface area contributed by atoms with Crippen molar-refractivity contribution in [3.05, 3.63) is 81.4 Å². The number of H-pyrrole nitrogens is 1. The molecule has 0 amide bonds. The second kappa shape index (κ2) is 9.07. The third-order valence-electron chi connectivity index (χ3n) is 6.27. The van der Waals surface area contributed by atoms with Crippen LogP contribution in [0.5, 0.6) is 5.75 Å². The van der Waals surface area contributed by atoms with Crippen molar-refractivity contribution in [3.63, 3.8) is 0 Å². The Balaban J connectivity index is 1.50. The number of para-hydroxylation sites is 1. The predicted octanol–water partition coefficient (Wildman–Crippen LogP) is 5.91. The Labute approximate surface area is 202 Å². The third-order valence-corrected chi connectivity index (χ3v) is 7.43. The number of nitrogens with zero attached hydrogens (tertiary/aromatic N) is 2. The molecule has 0 radical (unpaired) electrons. The normalized spacial score (nSPS) is 21.6. The molecule has 3 heterocycles. The average Bonchev–Trinajstić information content (AvgIpc) is 3.13. The number of benzene rings is 2. The van der Waals surface area contributed by atoms with Gasteiger partial charge in [0.25, 0.3) is 5.56 Å². The fourth-order valence-corrected chi connectivity index (χ4v) is 5.86. The Bertz CT molecular complexity index is 1300. The topological polar surface area (TPSA) is 68.6 Å². The van der Waals surface area contributed by atoms with E-state index in [9.17, 15) is 9.18 Å². The SMILES string of the molecule is CC1=Nc2c(c(=O)[nH]n2[C@@H]2CCOC(C)(C)C2)[C@@H](c2ccccc2OCc2cccc(F)c2)S1. The summed E-state index contributed by atoms with van der Waals surface area (Å²) in [7, 11) is 0. The second-order valence-electron chi connectivity index (χ2n) is 9.39. The molecule has 2 aliphatic heterocycles. The average molecular weight is 482 g/mol. The molecule has 2 aromatic carbocycles. The lowest BCUT2D eigenvalue weighted by Crippen LogP contribution is -2.35. The number of aromatic nitrogens is 2. The molecule has 34 heavy (non-hydrogen) atoms. The summed E-state index contributed by atoms with van der Waals surface area (Å²) in [6.07, 6.45) is 1.62. The Morgan fingerprint density at radius 1 is 1.26 bits per heavy atom. The minimum absolute atomic E-state index is 0.111. The molecule has 6 nitrogen and oxygen atoms in total.